The molecule has 116 valence electrons. The Morgan fingerprint density at radius 3 is 2.43 bits per heavy atom. The minimum Gasteiger partial charge on any atom is -0.444 e. The molecule has 5 heteroatoms. The summed E-state index contributed by atoms with van der Waals surface area (Å²) in [5.41, 5.74) is 0.798. The smallest absolute Gasteiger partial charge is 0.410 e. The molecule has 0 atom stereocenters. The molecule has 21 heavy (non-hydrogen) atoms. The van der Waals surface area contributed by atoms with Crippen LogP contribution >= 0.6 is 11.8 Å². The van der Waals surface area contributed by atoms with Crippen molar-refractivity contribution in [1.82, 2.24) is 4.90 Å². The first-order valence-electron chi connectivity index (χ1n) is 7.26. The first-order valence-corrected chi connectivity index (χ1v) is 8.48. The Hall–Kier alpha value is -1.36. The van der Waals surface area contributed by atoms with Gasteiger partial charge in [-0.15, -0.1) is 11.8 Å². The van der Waals surface area contributed by atoms with Crippen LogP contribution in [0, 0.1) is 0 Å². The summed E-state index contributed by atoms with van der Waals surface area (Å²) in [4.78, 5) is 17.4. The van der Waals surface area contributed by atoms with E-state index in [1.807, 2.05) is 20.8 Å². The number of ether oxygens (including phenoxy) is 1. The molecule has 1 heterocycles. The average molecular weight is 308 g/mol. The van der Waals surface area contributed by atoms with Crippen LogP contribution in [0.2, 0.25) is 0 Å². The van der Waals surface area contributed by atoms with Gasteiger partial charge < -0.3 is 14.5 Å². The molecule has 1 saturated heterocycles. The van der Waals surface area contributed by atoms with Crippen molar-refractivity contribution in [3.63, 3.8) is 0 Å². The van der Waals surface area contributed by atoms with Crippen LogP contribution < -0.4 is 4.90 Å². The molecule has 1 aliphatic rings. The predicted octanol–water partition coefficient (Wildman–Crippen LogP) is 3.47. The van der Waals surface area contributed by atoms with E-state index in [4.69, 9.17) is 4.74 Å². The van der Waals surface area contributed by atoms with Crippen LogP contribution in [0.3, 0.4) is 0 Å². The van der Waals surface area contributed by atoms with Crippen LogP contribution in [-0.4, -0.2) is 49.0 Å². The number of hydrogen-bond donors (Lipinski definition) is 0. The van der Waals surface area contributed by atoms with E-state index >= 15 is 0 Å². The number of nitrogens with zero attached hydrogens (tertiary/aromatic N) is 2. The maximum atomic E-state index is 12.0. The van der Waals surface area contributed by atoms with Crippen molar-refractivity contribution in [2.24, 2.45) is 0 Å². The van der Waals surface area contributed by atoms with E-state index in [0.29, 0.717) is 13.1 Å². The predicted molar refractivity (Wildman–Crippen MR) is 88.2 cm³/mol. The summed E-state index contributed by atoms with van der Waals surface area (Å²) in [6.45, 7) is 8.80. The molecule has 1 aliphatic heterocycles. The van der Waals surface area contributed by atoms with Crippen molar-refractivity contribution in [1.29, 1.82) is 0 Å². The fraction of sp³-hybridized carbons (Fsp3) is 0.562. The lowest BCUT2D eigenvalue weighted by molar-refractivity contribution is 0.0240. The van der Waals surface area contributed by atoms with Gasteiger partial charge in [0.15, 0.2) is 0 Å². The van der Waals surface area contributed by atoms with Gasteiger partial charge in [-0.3, -0.25) is 0 Å². The van der Waals surface area contributed by atoms with Crippen LogP contribution in [0.5, 0.6) is 0 Å². The van der Waals surface area contributed by atoms with Crippen LogP contribution in [0.1, 0.15) is 20.8 Å². The number of carbonyl (C=O) groups excluding carboxylic acids is 1. The normalized spacial score (nSPS) is 16.0. The Morgan fingerprint density at radius 2 is 1.86 bits per heavy atom. The third-order valence-electron chi connectivity index (χ3n) is 3.35. The Morgan fingerprint density at radius 1 is 1.19 bits per heavy atom. The van der Waals surface area contributed by atoms with Gasteiger partial charge in [0.1, 0.15) is 5.60 Å². The molecular formula is C16H24N2O2S. The summed E-state index contributed by atoms with van der Waals surface area (Å²) in [6, 6.07) is 8.53. The van der Waals surface area contributed by atoms with E-state index < -0.39 is 5.60 Å². The molecule has 1 amide bonds. The summed E-state index contributed by atoms with van der Waals surface area (Å²) in [7, 11) is 0. The zero-order valence-corrected chi connectivity index (χ0v) is 14.1. The minimum absolute atomic E-state index is 0.208. The highest BCUT2D eigenvalue weighted by molar-refractivity contribution is 7.98. The van der Waals surface area contributed by atoms with E-state index in [1.54, 1.807) is 16.7 Å². The zero-order valence-electron chi connectivity index (χ0n) is 13.3. The number of amides is 1. The largest absolute Gasteiger partial charge is 0.444 e. The van der Waals surface area contributed by atoms with Gasteiger partial charge >= 0.3 is 6.09 Å². The highest BCUT2D eigenvalue weighted by Gasteiger charge is 2.25. The molecular weight excluding hydrogens is 284 g/mol. The lowest BCUT2D eigenvalue weighted by Gasteiger charge is -2.36. The first kappa shape index (κ1) is 16.0. The lowest BCUT2D eigenvalue weighted by Crippen LogP contribution is -2.50. The highest BCUT2D eigenvalue weighted by atomic mass is 32.2. The van der Waals surface area contributed by atoms with Gasteiger partial charge in [0.2, 0.25) is 0 Å². The van der Waals surface area contributed by atoms with Gasteiger partial charge in [-0.1, -0.05) is 6.07 Å². The van der Waals surface area contributed by atoms with E-state index in [-0.39, 0.29) is 6.09 Å². The molecule has 0 radical (unpaired) electrons. The molecule has 4 nitrogen and oxygen atoms in total. The maximum Gasteiger partial charge on any atom is 0.410 e. The number of rotatable bonds is 2. The van der Waals surface area contributed by atoms with Crippen molar-refractivity contribution in [3.05, 3.63) is 24.3 Å². The van der Waals surface area contributed by atoms with Gasteiger partial charge in [0.25, 0.3) is 0 Å². The van der Waals surface area contributed by atoms with E-state index in [0.717, 1.165) is 13.1 Å². The quantitative estimate of drug-likeness (QED) is 0.783. The molecule has 0 bridgehead atoms. The molecule has 0 aromatic heterocycles. The first-order chi connectivity index (χ1) is 9.89. The van der Waals surface area contributed by atoms with Crippen LogP contribution in [0.15, 0.2) is 29.2 Å². The van der Waals surface area contributed by atoms with Crippen LogP contribution in [0.25, 0.3) is 0 Å². The summed E-state index contributed by atoms with van der Waals surface area (Å²) >= 11 is 1.75. The summed E-state index contributed by atoms with van der Waals surface area (Å²) in [6.07, 6.45) is 1.87. The van der Waals surface area contributed by atoms with Crippen LogP contribution in [-0.2, 0) is 4.74 Å². The zero-order chi connectivity index (χ0) is 15.5. The van der Waals surface area contributed by atoms with Gasteiger partial charge in [-0.2, -0.15) is 0 Å². The van der Waals surface area contributed by atoms with Crippen molar-refractivity contribution in [3.8, 4) is 0 Å². The SMILES string of the molecule is CSc1cccc(N2CCN(C(=O)OC(C)(C)C)CC2)c1. The second-order valence-electron chi connectivity index (χ2n) is 6.16. The van der Waals surface area contributed by atoms with Gasteiger partial charge in [-0.05, 0) is 45.2 Å². The molecule has 0 unspecified atom stereocenters. The standard InChI is InChI=1S/C16H24N2O2S/c1-16(2,3)20-15(19)18-10-8-17(9-11-18)13-6-5-7-14(12-13)21-4/h5-7,12H,8-11H2,1-4H3. The Labute approximate surface area is 131 Å². The monoisotopic (exact) mass is 308 g/mol. The Bertz CT molecular complexity index is 491. The molecule has 0 N–H and O–H groups in total. The fourth-order valence-corrected chi connectivity index (χ4v) is 2.73. The molecule has 0 saturated carbocycles. The number of hydrogen-bond acceptors (Lipinski definition) is 4. The van der Waals surface area contributed by atoms with E-state index in [2.05, 4.69) is 35.4 Å². The number of piperazine rings is 1. The van der Waals surface area contributed by atoms with Crippen molar-refractivity contribution in [2.45, 2.75) is 31.3 Å². The molecule has 0 aliphatic carbocycles. The second kappa shape index (κ2) is 6.60. The van der Waals surface area contributed by atoms with Crippen LogP contribution in [0.4, 0.5) is 10.5 Å². The Balaban J connectivity index is 1.92. The number of thioether (sulfide) groups is 1. The molecule has 2 rings (SSSR count). The van der Waals surface area contributed by atoms with Gasteiger partial charge in [-0.25, -0.2) is 4.79 Å². The third kappa shape index (κ3) is 4.56. The second-order valence-corrected chi connectivity index (χ2v) is 7.04. The molecule has 1 aromatic rings. The summed E-state index contributed by atoms with van der Waals surface area (Å²) in [5, 5.41) is 0. The fourth-order valence-electron chi connectivity index (χ4n) is 2.28. The molecule has 1 aromatic carbocycles. The topological polar surface area (TPSA) is 32.8 Å². The minimum atomic E-state index is -0.430. The molecule has 1 fully saturated rings. The average Bonchev–Trinajstić information content (AvgIpc) is 2.46. The van der Waals surface area contributed by atoms with Crippen molar-refractivity contribution < 1.29 is 9.53 Å². The van der Waals surface area contributed by atoms with Gasteiger partial charge in [0.05, 0.1) is 0 Å². The lowest BCUT2D eigenvalue weighted by atomic mass is 10.2. The highest BCUT2D eigenvalue weighted by Crippen LogP contribution is 2.23. The van der Waals surface area contributed by atoms with Gasteiger partial charge in [0, 0.05) is 36.8 Å². The number of benzene rings is 1. The number of anilines is 1. The van der Waals surface area contributed by atoms with E-state index in [9.17, 15) is 4.79 Å². The van der Waals surface area contributed by atoms with Crippen molar-refractivity contribution >= 4 is 23.5 Å². The summed E-state index contributed by atoms with van der Waals surface area (Å²) in [5.74, 6) is 0. The maximum absolute atomic E-state index is 12.0. The molecule has 0 spiro atoms. The Kier molecular flexibility index (Phi) is 5.04. The van der Waals surface area contributed by atoms with E-state index in [1.165, 1.54) is 10.6 Å². The number of carbonyl (C=O) groups is 1. The summed E-state index contributed by atoms with van der Waals surface area (Å²) < 4.78 is 5.42. The van der Waals surface area contributed by atoms with Crippen molar-refractivity contribution in [2.75, 3.05) is 37.3 Å². The third-order valence-corrected chi connectivity index (χ3v) is 4.08.